The van der Waals surface area contributed by atoms with E-state index in [0.29, 0.717) is 0 Å². The van der Waals surface area contributed by atoms with Crippen LogP contribution in [-0.4, -0.2) is 61.7 Å². The first-order valence-electron chi connectivity index (χ1n) is 8.04. The monoisotopic (exact) mass is 251 g/mol. The Hall–Kier alpha value is -0.120. The van der Waals surface area contributed by atoms with Crippen LogP contribution >= 0.6 is 0 Å². The molecule has 0 saturated carbocycles. The molecule has 4 fully saturated rings. The van der Waals surface area contributed by atoms with Crippen molar-refractivity contribution >= 4 is 0 Å². The fourth-order valence-corrected chi connectivity index (χ4v) is 4.24. The van der Waals surface area contributed by atoms with Gasteiger partial charge in [-0.25, -0.2) is 0 Å². The molecule has 1 N–H and O–H groups in total. The molecule has 0 aromatic carbocycles. The first kappa shape index (κ1) is 12.9. The van der Waals surface area contributed by atoms with Crippen LogP contribution in [0, 0.1) is 11.8 Å². The van der Waals surface area contributed by atoms with Gasteiger partial charge in [0.25, 0.3) is 0 Å². The van der Waals surface area contributed by atoms with E-state index >= 15 is 0 Å². The summed E-state index contributed by atoms with van der Waals surface area (Å²) in [6.45, 7) is 11.5. The van der Waals surface area contributed by atoms with Gasteiger partial charge in [0.2, 0.25) is 0 Å². The molecule has 4 heterocycles. The summed E-state index contributed by atoms with van der Waals surface area (Å²) in [4.78, 5) is 5.50. The van der Waals surface area contributed by atoms with E-state index in [2.05, 4.69) is 22.0 Å². The van der Waals surface area contributed by atoms with E-state index in [1.807, 2.05) is 0 Å². The fraction of sp³-hybridized carbons (Fsp3) is 1.00. The van der Waals surface area contributed by atoms with Crippen molar-refractivity contribution in [2.24, 2.45) is 11.8 Å². The molecule has 3 nitrogen and oxygen atoms in total. The van der Waals surface area contributed by atoms with Gasteiger partial charge in [0.05, 0.1) is 0 Å². The van der Waals surface area contributed by atoms with Crippen molar-refractivity contribution < 1.29 is 0 Å². The van der Waals surface area contributed by atoms with E-state index in [1.54, 1.807) is 0 Å². The number of hydrogen-bond donors (Lipinski definition) is 1. The predicted octanol–water partition coefficient (Wildman–Crippen LogP) is 1.40. The normalized spacial score (nSPS) is 37.3. The van der Waals surface area contributed by atoms with Gasteiger partial charge in [-0.05, 0) is 70.2 Å². The molecule has 0 aromatic heterocycles. The minimum atomic E-state index is 0.868. The molecule has 104 valence electrons. The molecule has 0 aliphatic carbocycles. The van der Waals surface area contributed by atoms with Crippen molar-refractivity contribution in [1.29, 1.82) is 0 Å². The van der Waals surface area contributed by atoms with Gasteiger partial charge < -0.3 is 10.2 Å². The Morgan fingerprint density at radius 2 is 1.83 bits per heavy atom. The topological polar surface area (TPSA) is 18.5 Å². The lowest BCUT2D eigenvalue weighted by Crippen LogP contribution is -2.58. The van der Waals surface area contributed by atoms with Crippen LogP contribution in [-0.2, 0) is 0 Å². The maximum absolute atomic E-state index is 3.49. The van der Waals surface area contributed by atoms with Crippen LogP contribution in [0.15, 0.2) is 0 Å². The summed E-state index contributed by atoms with van der Waals surface area (Å²) in [6.07, 6.45) is 5.68. The maximum Gasteiger partial charge on any atom is 0.0252 e. The van der Waals surface area contributed by atoms with E-state index in [1.165, 1.54) is 71.5 Å². The predicted molar refractivity (Wildman–Crippen MR) is 75.8 cm³/mol. The molecule has 1 atom stereocenters. The number of fused-ring (bicyclic) bond motifs is 3. The average molecular weight is 251 g/mol. The lowest BCUT2D eigenvalue weighted by Gasteiger charge is -2.49. The number of nitrogens with one attached hydrogen (secondary N) is 1. The van der Waals surface area contributed by atoms with E-state index < -0.39 is 0 Å². The zero-order chi connectivity index (χ0) is 12.4. The van der Waals surface area contributed by atoms with Crippen LogP contribution in [0.1, 0.15) is 32.6 Å². The van der Waals surface area contributed by atoms with E-state index in [4.69, 9.17) is 0 Å². The zero-order valence-electron chi connectivity index (χ0n) is 11.9. The van der Waals surface area contributed by atoms with Gasteiger partial charge in [-0.3, -0.25) is 4.90 Å². The van der Waals surface area contributed by atoms with Crippen molar-refractivity contribution in [3.63, 3.8) is 0 Å². The first-order chi connectivity index (χ1) is 8.86. The van der Waals surface area contributed by atoms with Gasteiger partial charge in [-0.2, -0.15) is 0 Å². The van der Waals surface area contributed by atoms with Gasteiger partial charge >= 0.3 is 0 Å². The Morgan fingerprint density at radius 3 is 2.39 bits per heavy atom. The molecular formula is C15H29N3. The molecule has 4 aliphatic rings. The fourth-order valence-electron chi connectivity index (χ4n) is 4.24. The highest BCUT2D eigenvalue weighted by Crippen LogP contribution is 2.31. The molecule has 2 bridgehead atoms. The average Bonchev–Trinajstić information content (AvgIpc) is 2.47. The largest absolute Gasteiger partial charge is 0.317 e. The summed E-state index contributed by atoms with van der Waals surface area (Å²) in [5.41, 5.74) is 0. The summed E-state index contributed by atoms with van der Waals surface area (Å²) in [7, 11) is 0. The highest BCUT2D eigenvalue weighted by molar-refractivity contribution is 4.92. The third kappa shape index (κ3) is 2.73. The van der Waals surface area contributed by atoms with E-state index in [9.17, 15) is 0 Å². The SMILES string of the molecule is CCN(CC1CCNCC1)C1CN2CCC1CC2. The number of nitrogens with zero attached hydrogens (tertiary/aromatic N) is 2. The number of rotatable bonds is 4. The van der Waals surface area contributed by atoms with Crippen LogP contribution in [0.25, 0.3) is 0 Å². The maximum atomic E-state index is 3.49. The number of likely N-dealkylation sites (N-methyl/N-ethyl adjacent to an activating group) is 1. The van der Waals surface area contributed by atoms with Crippen molar-refractivity contribution in [3.05, 3.63) is 0 Å². The molecule has 0 aromatic rings. The molecule has 0 radical (unpaired) electrons. The van der Waals surface area contributed by atoms with E-state index in [-0.39, 0.29) is 0 Å². The highest BCUT2D eigenvalue weighted by Gasteiger charge is 2.37. The van der Waals surface area contributed by atoms with Gasteiger partial charge in [-0.15, -0.1) is 0 Å². The summed E-state index contributed by atoms with van der Waals surface area (Å²) >= 11 is 0. The third-order valence-corrected chi connectivity index (χ3v) is 5.45. The smallest absolute Gasteiger partial charge is 0.0252 e. The second-order valence-corrected chi connectivity index (χ2v) is 6.49. The molecule has 0 amide bonds. The lowest BCUT2D eigenvalue weighted by molar-refractivity contribution is -0.000715. The minimum absolute atomic E-state index is 0.868. The van der Waals surface area contributed by atoms with Gasteiger partial charge in [-0.1, -0.05) is 6.92 Å². The Bertz CT molecular complexity index is 254. The van der Waals surface area contributed by atoms with Crippen LogP contribution in [0.2, 0.25) is 0 Å². The highest BCUT2D eigenvalue weighted by atomic mass is 15.3. The standard InChI is InChI=1S/C15H29N3/c1-2-18(11-13-3-7-16-8-4-13)15-12-17-9-5-14(15)6-10-17/h13-16H,2-12H2,1H3. The van der Waals surface area contributed by atoms with Crippen LogP contribution in [0.4, 0.5) is 0 Å². The molecule has 1 unspecified atom stereocenters. The molecule has 4 rings (SSSR count). The second kappa shape index (κ2) is 5.89. The van der Waals surface area contributed by atoms with Crippen LogP contribution < -0.4 is 5.32 Å². The third-order valence-electron chi connectivity index (χ3n) is 5.45. The molecule has 3 heteroatoms. The zero-order valence-corrected chi connectivity index (χ0v) is 11.9. The van der Waals surface area contributed by atoms with Crippen molar-refractivity contribution in [1.82, 2.24) is 15.1 Å². The van der Waals surface area contributed by atoms with Gasteiger partial charge in [0.15, 0.2) is 0 Å². The molecular weight excluding hydrogens is 222 g/mol. The molecule has 18 heavy (non-hydrogen) atoms. The molecule has 0 spiro atoms. The summed E-state index contributed by atoms with van der Waals surface area (Å²) in [5, 5.41) is 3.49. The Kier molecular flexibility index (Phi) is 4.22. The summed E-state index contributed by atoms with van der Waals surface area (Å²) in [5.74, 6) is 1.94. The van der Waals surface area contributed by atoms with Crippen molar-refractivity contribution in [3.8, 4) is 0 Å². The van der Waals surface area contributed by atoms with Crippen LogP contribution in [0.3, 0.4) is 0 Å². The Morgan fingerprint density at radius 1 is 1.11 bits per heavy atom. The van der Waals surface area contributed by atoms with Crippen molar-refractivity contribution in [2.45, 2.75) is 38.6 Å². The lowest BCUT2D eigenvalue weighted by atomic mass is 9.82. The quantitative estimate of drug-likeness (QED) is 0.815. The number of piperidine rings is 4. The van der Waals surface area contributed by atoms with Gasteiger partial charge in [0.1, 0.15) is 0 Å². The first-order valence-corrected chi connectivity index (χ1v) is 8.04. The number of hydrogen-bond acceptors (Lipinski definition) is 3. The summed E-state index contributed by atoms with van der Waals surface area (Å²) in [6, 6.07) is 0.868. The van der Waals surface area contributed by atoms with Crippen LogP contribution in [0.5, 0.6) is 0 Å². The minimum Gasteiger partial charge on any atom is -0.317 e. The molecule has 4 saturated heterocycles. The van der Waals surface area contributed by atoms with Crippen molar-refractivity contribution in [2.75, 3.05) is 45.8 Å². The summed E-state index contributed by atoms with van der Waals surface area (Å²) < 4.78 is 0. The van der Waals surface area contributed by atoms with Gasteiger partial charge in [0, 0.05) is 19.1 Å². The molecule has 4 aliphatic heterocycles. The second-order valence-electron chi connectivity index (χ2n) is 6.49. The Labute approximate surface area is 112 Å². The Balaban J connectivity index is 1.57. The van der Waals surface area contributed by atoms with E-state index in [0.717, 1.165) is 17.9 Å².